The molecule has 0 bridgehead atoms. The number of hydrogen-bond donors (Lipinski definition) is 1. The van der Waals surface area contributed by atoms with Crippen LogP contribution in [0.2, 0.25) is 5.02 Å². The predicted molar refractivity (Wildman–Crippen MR) is 150 cm³/mol. The number of rotatable bonds is 5. The number of nitrogens with zero attached hydrogens (tertiary/aromatic N) is 3. The van der Waals surface area contributed by atoms with Gasteiger partial charge in [0.15, 0.2) is 5.78 Å². The lowest BCUT2D eigenvalue weighted by atomic mass is 9.81. The summed E-state index contributed by atoms with van der Waals surface area (Å²) in [4.78, 5) is 47.6. The zero-order valence-corrected chi connectivity index (χ0v) is 22.8. The van der Waals surface area contributed by atoms with Gasteiger partial charge < -0.3 is 14.1 Å². The highest BCUT2D eigenvalue weighted by Crippen LogP contribution is 2.54. The van der Waals surface area contributed by atoms with Gasteiger partial charge in [-0.1, -0.05) is 30.5 Å². The lowest BCUT2D eigenvalue weighted by Crippen LogP contribution is -2.29. The standard InChI is InChI=1S/C31H28ClFN4O3/c1-36-9-6-18(11-26(36)39)23-15-34-30(35-23)24(10-17-2-3-17)37-16-21-20(12-27(37)40)28-19(4-5-22(32)29(28)33)13-31(7-8-31)14-25(21)38/h4-6,9,11-12,15-17,24H,2-3,7-8,10,13-14H2,1H3,(H,34,35)/t24-/m1/s1. The van der Waals surface area contributed by atoms with Crippen molar-refractivity contribution in [1.82, 2.24) is 19.1 Å². The maximum Gasteiger partial charge on any atom is 0.251 e. The third kappa shape index (κ3) is 4.35. The fraction of sp³-hybridized carbons (Fsp3) is 0.355. The minimum absolute atomic E-state index is 0.0304. The number of aromatic amines is 1. The van der Waals surface area contributed by atoms with Crippen molar-refractivity contribution >= 4 is 17.4 Å². The van der Waals surface area contributed by atoms with Gasteiger partial charge in [-0.25, -0.2) is 9.37 Å². The van der Waals surface area contributed by atoms with Gasteiger partial charge in [-0.05, 0) is 54.7 Å². The number of Topliss-reactive ketones (excluding diaryl/α,β-unsaturated/α-hetero) is 1. The van der Waals surface area contributed by atoms with E-state index in [0.717, 1.165) is 31.2 Å². The van der Waals surface area contributed by atoms with Gasteiger partial charge in [-0.3, -0.25) is 14.4 Å². The Morgan fingerprint density at radius 3 is 2.62 bits per heavy atom. The van der Waals surface area contributed by atoms with Gasteiger partial charge in [0.25, 0.3) is 11.1 Å². The van der Waals surface area contributed by atoms with Crippen molar-refractivity contribution in [2.45, 2.75) is 51.0 Å². The van der Waals surface area contributed by atoms with Gasteiger partial charge in [0.1, 0.15) is 11.6 Å². The van der Waals surface area contributed by atoms with Gasteiger partial charge in [-0.15, -0.1) is 0 Å². The van der Waals surface area contributed by atoms with E-state index in [1.165, 1.54) is 16.7 Å². The fourth-order valence-electron chi connectivity index (χ4n) is 6.08. The molecule has 7 rings (SSSR count). The Bertz CT molecular complexity index is 1810. The normalized spacial score (nSPS) is 18.1. The Balaban J connectivity index is 1.37. The molecule has 40 heavy (non-hydrogen) atoms. The Morgan fingerprint density at radius 1 is 1.10 bits per heavy atom. The lowest BCUT2D eigenvalue weighted by Gasteiger charge is -2.25. The van der Waals surface area contributed by atoms with Crippen molar-refractivity contribution in [3.05, 3.63) is 97.4 Å². The minimum atomic E-state index is -0.595. The monoisotopic (exact) mass is 558 g/mol. The summed E-state index contributed by atoms with van der Waals surface area (Å²) in [5, 5.41) is -0.0304. The molecule has 204 valence electrons. The molecule has 0 unspecified atom stereocenters. The van der Waals surface area contributed by atoms with Gasteiger partial charge >= 0.3 is 0 Å². The number of aryl methyl sites for hydroxylation is 1. The average molecular weight is 559 g/mol. The van der Waals surface area contributed by atoms with E-state index in [4.69, 9.17) is 11.6 Å². The van der Waals surface area contributed by atoms with Gasteiger partial charge in [-0.2, -0.15) is 0 Å². The molecule has 0 saturated heterocycles. The number of ketones is 1. The van der Waals surface area contributed by atoms with E-state index in [9.17, 15) is 14.4 Å². The average Bonchev–Trinajstić information content (AvgIpc) is 3.84. The molecule has 4 aromatic rings. The molecule has 1 atom stereocenters. The molecule has 3 aliphatic carbocycles. The highest BCUT2D eigenvalue weighted by atomic mass is 35.5. The van der Waals surface area contributed by atoms with Crippen molar-refractivity contribution in [3.63, 3.8) is 0 Å². The zero-order valence-electron chi connectivity index (χ0n) is 22.0. The SMILES string of the molecule is Cn1ccc(-c2cnc([C@@H](CC3CC3)n3cc4c(cc3=O)-c3c(ccc(Cl)c3F)CC3(CC3)CC4=O)[nH]2)cc1=O. The van der Waals surface area contributed by atoms with E-state index < -0.39 is 11.9 Å². The first-order valence-electron chi connectivity index (χ1n) is 13.7. The molecule has 2 saturated carbocycles. The molecule has 0 radical (unpaired) electrons. The molecule has 7 nitrogen and oxygen atoms in total. The highest BCUT2D eigenvalue weighted by molar-refractivity contribution is 6.31. The van der Waals surface area contributed by atoms with Crippen LogP contribution < -0.4 is 11.1 Å². The van der Waals surface area contributed by atoms with Crippen LogP contribution in [0.4, 0.5) is 4.39 Å². The van der Waals surface area contributed by atoms with Gasteiger partial charge in [0, 0.05) is 60.2 Å². The molecule has 0 amide bonds. The van der Waals surface area contributed by atoms with E-state index in [1.807, 2.05) is 12.1 Å². The third-order valence-corrected chi connectivity index (χ3v) is 9.10. The fourth-order valence-corrected chi connectivity index (χ4v) is 6.23. The number of carbonyl (C=O) groups excluding carboxylic acids is 1. The maximum atomic E-state index is 15.5. The van der Waals surface area contributed by atoms with E-state index in [1.54, 1.807) is 36.3 Å². The largest absolute Gasteiger partial charge is 0.340 e. The summed E-state index contributed by atoms with van der Waals surface area (Å²) >= 11 is 6.19. The van der Waals surface area contributed by atoms with Crippen molar-refractivity contribution in [2.75, 3.05) is 0 Å². The first kappa shape index (κ1) is 25.2. The molecule has 2 fully saturated rings. The van der Waals surface area contributed by atoms with Crippen LogP contribution in [-0.4, -0.2) is 24.9 Å². The molecule has 9 heteroatoms. The van der Waals surface area contributed by atoms with Crippen LogP contribution in [0.1, 0.15) is 66.3 Å². The third-order valence-electron chi connectivity index (χ3n) is 8.81. The van der Waals surface area contributed by atoms with Crippen molar-refractivity contribution in [1.29, 1.82) is 0 Å². The van der Waals surface area contributed by atoms with E-state index in [2.05, 4.69) is 9.97 Å². The molecule has 0 aliphatic heterocycles. The number of fused-ring (bicyclic) bond motifs is 3. The van der Waals surface area contributed by atoms with Crippen LogP contribution in [0.25, 0.3) is 22.4 Å². The van der Waals surface area contributed by atoms with E-state index in [-0.39, 0.29) is 32.9 Å². The van der Waals surface area contributed by atoms with Crippen molar-refractivity contribution < 1.29 is 9.18 Å². The van der Waals surface area contributed by atoms with Gasteiger partial charge in [0.2, 0.25) is 0 Å². The summed E-state index contributed by atoms with van der Waals surface area (Å²) in [5.41, 5.74) is 2.42. The maximum absolute atomic E-state index is 15.5. The summed E-state index contributed by atoms with van der Waals surface area (Å²) in [6.45, 7) is 0. The second-order valence-electron chi connectivity index (χ2n) is 11.8. The highest BCUT2D eigenvalue weighted by Gasteiger charge is 2.46. The topological polar surface area (TPSA) is 89.8 Å². The van der Waals surface area contributed by atoms with Crippen molar-refractivity contribution in [3.8, 4) is 22.4 Å². The number of halogens is 2. The van der Waals surface area contributed by atoms with E-state index in [0.29, 0.717) is 53.4 Å². The molecule has 1 aromatic carbocycles. The number of carbonyl (C=O) groups is 1. The summed E-state index contributed by atoms with van der Waals surface area (Å²) in [6.07, 6.45) is 10.6. The van der Waals surface area contributed by atoms with Crippen LogP contribution >= 0.6 is 11.6 Å². The number of imidazole rings is 1. The smallest absolute Gasteiger partial charge is 0.251 e. The second-order valence-corrected chi connectivity index (χ2v) is 12.2. The zero-order chi connectivity index (χ0) is 27.8. The molecule has 1 N–H and O–H groups in total. The number of pyridine rings is 2. The molecular formula is C31H28ClFN4O3. The number of aromatic nitrogens is 4. The van der Waals surface area contributed by atoms with Gasteiger partial charge in [0.05, 0.1) is 23.0 Å². The number of H-pyrrole nitrogens is 1. The first-order chi connectivity index (χ1) is 19.2. The lowest BCUT2D eigenvalue weighted by molar-refractivity contribution is 0.0953. The summed E-state index contributed by atoms with van der Waals surface area (Å²) in [5.74, 6) is 0.342. The molecular weight excluding hydrogens is 531 g/mol. The van der Waals surface area contributed by atoms with Crippen LogP contribution in [-0.2, 0) is 13.5 Å². The Morgan fingerprint density at radius 2 is 1.90 bits per heavy atom. The molecule has 3 heterocycles. The Kier molecular flexibility index (Phi) is 5.75. The van der Waals surface area contributed by atoms with Crippen LogP contribution in [0.3, 0.4) is 0 Å². The van der Waals surface area contributed by atoms with E-state index >= 15 is 4.39 Å². The van der Waals surface area contributed by atoms with Crippen LogP contribution in [0, 0.1) is 17.2 Å². The molecule has 3 aliphatic rings. The Labute approximate surface area is 234 Å². The van der Waals surface area contributed by atoms with Crippen molar-refractivity contribution in [2.24, 2.45) is 18.4 Å². The second kappa shape index (κ2) is 9.13. The predicted octanol–water partition coefficient (Wildman–Crippen LogP) is 5.70. The number of nitrogens with one attached hydrogen (secondary N) is 1. The quantitative estimate of drug-likeness (QED) is 0.340. The summed E-state index contributed by atoms with van der Waals surface area (Å²) < 4.78 is 18.6. The number of benzene rings is 1. The molecule has 3 aromatic heterocycles. The first-order valence-corrected chi connectivity index (χ1v) is 14.1. The summed E-state index contributed by atoms with van der Waals surface area (Å²) in [6, 6.07) is 7.69. The minimum Gasteiger partial charge on any atom is -0.340 e. The number of hydrogen-bond acceptors (Lipinski definition) is 4. The van der Waals surface area contributed by atoms with Crippen LogP contribution in [0.15, 0.2) is 58.5 Å². The summed E-state index contributed by atoms with van der Waals surface area (Å²) in [7, 11) is 1.69. The molecule has 1 spiro atoms. The van der Waals surface area contributed by atoms with Crippen LogP contribution in [0.5, 0.6) is 0 Å². The Hall–Kier alpha value is -3.78.